The zero-order valence-corrected chi connectivity index (χ0v) is 7.26. The van der Waals surface area contributed by atoms with Crippen molar-refractivity contribution in [2.24, 2.45) is 0 Å². The van der Waals surface area contributed by atoms with Gasteiger partial charge >= 0.3 is 0 Å². The Bertz CT molecular complexity index is 276. The zero-order chi connectivity index (χ0) is 8.55. The molecule has 0 aromatic heterocycles. The Morgan fingerprint density at radius 2 is 2.25 bits per heavy atom. The van der Waals surface area contributed by atoms with E-state index >= 15 is 0 Å². The van der Waals surface area contributed by atoms with Crippen molar-refractivity contribution < 1.29 is 4.74 Å². The quantitative estimate of drug-likeness (QED) is 0.514. The molecule has 12 heavy (non-hydrogen) atoms. The monoisotopic (exact) mass is 158 g/mol. The number of ether oxygens (including phenoxy) is 1. The second kappa shape index (κ2) is 2.85. The molecule has 0 bridgehead atoms. The van der Waals surface area contributed by atoms with Crippen LogP contribution in [0.1, 0.15) is 17.5 Å². The van der Waals surface area contributed by atoms with E-state index in [2.05, 4.69) is 0 Å². The maximum absolute atomic E-state index is 5.79. The Labute approximate surface area is 74.2 Å². The maximum Gasteiger partial charge on any atom is 0.122 e. The standard InChI is InChI=1S/C10H11BO/c1-7-5-10-8(6-9(7)11)3-2-4-12-10/h5-6H,2-4H2,1H3. The van der Waals surface area contributed by atoms with Crippen LogP contribution in [0.4, 0.5) is 0 Å². The first kappa shape index (κ1) is 7.72. The third-order valence-electron chi connectivity index (χ3n) is 2.30. The fourth-order valence-corrected chi connectivity index (χ4v) is 1.52. The Morgan fingerprint density at radius 3 is 3.08 bits per heavy atom. The van der Waals surface area contributed by atoms with Gasteiger partial charge in [0.25, 0.3) is 0 Å². The predicted molar refractivity (Wildman–Crippen MR) is 50.4 cm³/mol. The molecule has 0 aliphatic carbocycles. The molecule has 0 spiro atoms. The summed E-state index contributed by atoms with van der Waals surface area (Å²) < 4.78 is 5.50. The van der Waals surface area contributed by atoms with Gasteiger partial charge in [-0.05, 0) is 31.4 Å². The van der Waals surface area contributed by atoms with E-state index in [9.17, 15) is 0 Å². The largest absolute Gasteiger partial charge is 0.493 e. The Morgan fingerprint density at radius 1 is 1.42 bits per heavy atom. The van der Waals surface area contributed by atoms with Crippen molar-refractivity contribution in [3.8, 4) is 5.75 Å². The number of aryl methyl sites for hydroxylation is 2. The molecule has 2 radical (unpaired) electrons. The molecule has 1 aromatic rings. The van der Waals surface area contributed by atoms with Crippen LogP contribution in [0.15, 0.2) is 12.1 Å². The molecule has 0 saturated heterocycles. The van der Waals surface area contributed by atoms with Gasteiger partial charge in [-0.3, -0.25) is 0 Å². The van der Waals surface area contributed by atoms with Crippen molar-refractivity contribution >= 4 is 13.3 Å². The van der Waals surface area contributed by atoms with E-state index in [1.165, 1.54) is 5.56 Å². The molecule has 1 heterocycles. The highest BCUT2D eigenvalue weighted by molar-refractivity contribution is 6.33. The molecule has 0 unspecified atom stereocenters. The number of hydrogen-bond donors (Lipinski definition) is 0. The van der Waals surface area contributed by atoms with E-state index in [4.69, 9.17) is 12.6 Å². The molecular weight excluding hydrogens is 147 g/mol. The van der Waals surface area contributed by atoms with Gasteiger partial charge in [0.2, 0.25) is 0 Å². The van der Waals surface area contributed by atoms with Crippen molar-refractivity contribution in [1.29, 1.82) is 0 Å². The molecule has 1 aromatic carbocycles. The minimum atomic E-state index is 0.844. The van der Waals surface area contributed by atoms with Gasteiger partial charge < -0.3 is 4.74 Å². The minimum Gasteiger partial charge on any atom is -0.493 e. The average molecular weight is 158 g/mol. The van der Waals surface area contributed by atoms with Gasteiger partial charge in [-0.2, -0.15) is 0 Å². The van der Waals surface area contributed by atoms with Crippen LogP contribution in [-0.4, -0.2) is 14.5 Å². The molecule has 1 aliphatic rings. The summed E-state index contributed by atoms with van der Waals surface area (Å²) in [5.74, 6) is 1.02. The number of hydrogen-bond acceptors (Lipinski definition) is 1. The SMILES string of the molecule is [B]c1cc2c(cc1C)OCCC2. The first-order valence-corrected chi connectivity index (χ1v) is 4.29. The van der Waals surface area contributed by atoms with Crippen LogP contribution in [0.5, 0.6) is 5.75 Å². The summed E-state index contributed by atoms with van der Waals surface area (Å²) in [5.41, 5.74) is 3.24. The molecule has 2 rings (SSSR count). The summed E-state index contributed by atoms with van der Waals surface area (Å²) in [6.45, 7) is 2.85. The molecule has 1 nitrogen and oxygen atoms in total. The molecule has 60 valence electrons. The van der Waals surface area contributed by atoms with Crippen LogP contribution in [-0.2, 0) is 6.42 Å². The van der Waals surface area contributed by atoms with Crippen LogP contribution in [0.3, 0.4) is 0 Å². The molecule has 0 atom stereocenters. The number of rotatable bonds is 0. The van der Waals surface area contributed by atoms with Crippen LogP contribution in [0, 0.1) is 6.92 Å². The summed E-state index contributed by atoms with van der Waals surface area (Å²) >= 11 is 0. The zero-order valence-electron chi connectivity index (χ0n) is 7.26. The minimum absolute atomic E-state index is 0.844. The van der Waals surface area contributed by atoms with Crippen LogP contribution < -0.4 is 10.2 Å². The molecule has 0 saturated carbocycles. The highest BCUT2D eigenvalue weighted by Gasteiger charge is 2.10. The second-order valence-electron chi connectivity index (χ2n) is 3.27. The van der Waals surface area contributed by atoms with Gasteiger partial charge in [-0.1, -0.05) is 17.1 Å². The van der Waals surface area contributed by atoms with Crippen molar-refractivity contribution in [3.63, 3.8) is 0 Å². The molecule has 0 fully saturated rings. The Hall–Kier alpha value is -0.915. The van der Waals surface area contributed by atoms with Crippen LogP contribution in [0.2, 0.25) is 0 Å². The van der Waals surface area contributed by atoms with E-state index in [-0.39, 0.29) is 0 Å². The summed E-state index contributed by atoms with van der Waals surface area (Å²) in [5, 5.41) is 0. The smallest absolute Gasteiger partial charge is 0.122 e. The summed E-state index contributed by atoms with van der Waals surface area (Å²) in [7, 11) is 5.79. The maximum atomic E-state index is 5.79. The van der Waals surface area contributed by atoms with Gasteiger partial charge in [-0.15, -0.1) is 0 Å². The van der Waals surface area contributed by atoms with Crippen molar-refractivity contribution in [2.75, 3.05) is 6.61 Å². The number of benzene rings is 1. The van der Waals surface area contributed by atoms with Gasteiger partial charge in [0, 0.05) is 0 Å². The highest BCUT2D eigenvalue weighted by Crippen LogP contribution is 2.24. The lowest BCUT2D eigenvalue weighted by atomic mass is 9.88. The lowest BCUT2D eigenvalue weighted by molar-refractivity contribution is 0.288. The summed E-state index contributed by atoms with van der Waals surface area (Å²) in [6, 6.07) is 4.06. The predicted octanol–water partition coefficient (Wildman–Crippen LogP) is 1.11. The normalized spacial score (nSPS) is 15.1. The van der Waals surface area contributed by atoms with Gasteiger partial charge in [0.1, 0.15) is 13.6 Å². The van der Waals surface area contributed by atoms with E-state index in [1.54, 1.807) is 0 Å². The van der Waals surface area contributed by atoms with Crippen LogP contribution >= 0.6 is 0 Å². The van der Waals surface area contributed by atoms with Gasteiger partial charge in [0.15, 0.2) is 0 Å². The average Bonchev–Trinajstić information content (AvgIpc) is 2.07. The Kier molecular flexibility index (Phi) is 1.83. The van der Waals surface area contributed by atoms with E-state index < -0.39 is 0 Å². The lowest BCUT2D eigenvalue weighted by Crippen LogP contribution is -2.14. The summed E-state index contributed by atoms with van der Waals surface area (Å²) in [6.07, 6.45) is 2.20. The lowest BCUT2D eigenvalue weighted by Gasteiger charge is -2.18. The van der Waals surface area contributed by atoms with Crippen LogP contribution in [0.25, 0.3) is 0 Å². The molecule has 0 amide bonds. The second-order valence-corrected chi connectivity index (χ2v) is 3.27. The third-order valence-corrected chi connectivity index (χ3v) is 2.30. The van der Waals surface area contributed by atoms with E-state index in [0.29, 0.717) is 0 Å². The third kappa shape index (κ3) is 1.22. The number of fused-ring (bicyclic) bond motifs is 1. The van der Waals surface area contributed by atoms with Gasteiger partial charge in [-0.25, -0.2) is 0 Å². The molecule has 0 N–H and O–H groups in total. The molecule has 2 heteroatoms. The first-order valence-electron chi connectivity index (χ1n) is 4.29. The van der Waals surface area contributed by atoms with Gasteiger partial charge in [0.05, 0.1) is 6.61 Å². The topological polar surface area (TPSA) is 9.23 Å². The summed E-state index contributed by atoms with van der Waals surface area (Å²) in [4.78, 5) is 0. The Balaban J connectivity index is 2.49. The van der Waals surface area contributed by atoms with E-state index in [1.807, 2.05) is 19.1 Å². The highest BCUT2D eigenvalue weighted by atomic mass is 16.5. The molecular formula is C10H11BO. The fraction of sp³-hybridized carbons (Fsp3) is 0.400. The fourth-order valence-electron chi connectivity index (χ4n) is 1.52. The first-order chi connectivity index (χ1) is 5.77. The van der Waals surface area contributed by atoms with Crippen molar-refractivity contribution in [2.45, 2.75) is 19.8 Å². The van der Waals surface area contributed by atoms with E-state index in [0.717, 1.165) is 36.2 Å². The van der Waals surface area contributed by atoms with Crippen molar-refractivity contribution in [1.82, 2.24) is 0 Å². The van der Waals surface area contributed by atoms with Crippen molar-refractivity contribution in [3.05, 3.63) is 23.3 Å². The molecule has 1 aliphatic heterocycles.